The van der Waals surface area contributed by atoms with Crippen LogP contribution in [0.15, 0.2) is 0 Å². The highest BCUT2D eigenvalue weighted by molar-refractivity contribution is 5.83. The van der Waals surface area contributed by atoms with Crippen molar-refractivity contribution in [2.45, 2.75) is 31.3 Å². The molecule has 15 heavy (non-hydrogen) atoms. The van der Waals surface area contributed by atoms with Gasteiger partial charge in [-0.1, -0.05) is 0 Å². The predicted molar refractivity (Wildman–Crippen MR) is 59.7 cm³/mol. The lowest BCUT2D eigenvalue weighted by atomic mass is 10.0. The summed E-state index contributed by atoms with van der Waals surface area (Å²) in [5.74, 6) is 0.312. The van der Waals surface area contributed by atoms with E-state index in [2.05, 4.69) is 10.2 Å². The summed E-state index contributed by atoms with van der Waals surface area (Å²) in [5.41, 5.74) is 0. The highest BCUT2D eigenvalue weighted by Gasteiger charge is 2.35. The molecular formula is C11H21N3O. The van der Waals surface area contributed by atoms with Gasteiger partial charge in [0.25, 0.3) is 0 Å². The quantitative estimate of drug-likeness (QED) is 0.693. The fourth-order valence-corrected chi connectivity index (χ4v) is 2.67. The lowest BCUT2D eigenvalue weighted by Crippen LogP contribution is -2.50. The second-order valence-corrected chi connectivity index (χ2v) is 4.69. The van der Waals surface area contributed by atoms with Gasteiger partial charge >= 0.3 is 0 Å². The number of nitrogens with zero attached hydrogens (tertiary/aromatic N) is 2. The molecule has 86 valence electrons. The Hall–Kier alpha value is -0.610. The summed E-state index contributed by atoms with van der Waals surface area (Å²) in [6.07, 6.45) is 3.45. The van der Waals surface area contributed by atoms with Crippen LogP contribution < -0.4 is 5.32 Å². The Kier molecular flexibility index (Phi) is 3.26. The lowest BCUT2D eigenvalue weighted by Gasteiger charge is -2.35. The molecule has 2 heterocycles. The number of hydrogen-bond donors (Lipinski definition) is 1. The molecule has 2 saturated heterocycles. The molecule has 2 atom stereocenters. The van der Waals surface area contributed by atoms with Gasteiger partial charge in [-0.05, 0) is 32.9 Å². The van der Waals surface area contributed by atoms with Crippen LogP contribution in [0.4, 0.5) is 0 Å². The molecule has 0 aromatic carbocycles. The fourth-order valence-electron chi connectivity index (χ4n) is 2.67. The molecule has 0 bridgehead atoms. The van der Waals surface area contributed by atoms with Crippen LogP contribution in [0.2, 0.25) is 0 Å². The van der Waals surface area contributed by atoms with E-state index in [1.54, 1.807) is 0 Å². The minimum atomic E-state index is 0.158. The van der Waals surface area contributed by atoms with Crippen LogP contribution in [-0.2, 0) is 4.79 Å². The number of nitrogens with one attached hydrogen (secondary N) is 1. The van der Waals surface area contributed by atoms with Gasteiger partial charge in [0.1, 0.15) is 0 Å². The number of carbonyl (C=O) groups excluding carboxylic acids is 1. The van der Waals surface area contributed by atoms with Crippen LogP contribution >= 0.6 is 0 Å². The van der Waals surface area contributed by atoms with Crippen molar-refractivity contribution >= 4 is 5.91 Å². The van der Waals surface area contributed by atoms with Crippen LogP contribution in [-0.4, -0.2) is 61.5 Å². The summed E-state index contributed by atoms with van der Waals surface area (Å²) in [6.45, 7) is 3.04. The summed E-state index contributed by atoms with van der Waals surface area (Å²) >= 11 is 0. The van der Waals surface area contributed by atoms with E-state index in [0.717, 1.165) is 26.1 Å². The van der Waals surface area contributed by atoms with Crippen molar-refractivity contribution in [1.82, 2.24) is 15.1 Å². The van der Waals surface area contributed by atoms with E-state index in [1.807, 2.05) is 19.0 Å². The highest BCUT2D eigenvalue weighted by atomic mass is 16.2. The molecule has 2 rings (SSSR count). The number of piperidine rings is 1. The topological polar surface area (TPSA) is 35.6 Å². The number of likely N-dealkylation sites (N-methyl/N-ethyl adjacent to an activating group) is 2. The largest absolute Gasteiger partial charge is 0.344 e. The van der Waals surface area contributed by atoms with Crippen LogP contribution in [0, 0.1) is 0 Å². The van der Waals surface area contributed by atoms with Gasteiger partial charge in [0.2, 0.25) is 5.91 Å². The molecule has 2 aliphatic heterocycles. The maximum absolute atomic E-state index is 11.9. The Morgan fingerprint density at radius 3 is 2.73 bits per heavy atom. The maximum Gasteiger partial charge on any atom is 0.239 e. The molecular weight excluding hydrogens is 190 g/mol. The molecule has 0 aromatic rings. The van der Waals surface area contributed by atoms with Gasteiger partial charge in [0.15, 0.2) is 0 Å². The summed E-state index contributed by atoms with van der Waals surface area (Å²) in [5, 5.41) is 3.32. The van der Waals surface area contributed by atoms with Crippen molar-refractivity contribution in [3.05, 3.63) is 0 Å². The van der Waals surface area contributed by atoms with Gasteiger partial charge in [0.05, 0.1) is 6.04 Å². The van der Waals surface area contributed by atoms with Crippen molar-refractivity contribution in [3.63, 3.8) is 0 Å². The zero-order valence-electron chi connectivity index (χ0n) is 9.70. The van der Waals surface area contributed by atoms with E-state index in [9.17, 15) is 4.79 Å². The molecule has 2 unspecified atom stereocenters. The van der Waals surface area contributed by atoms with Gasteiger partial charge in [-0.15, -0.1) is 0 Å². The number of likely N-dealkylation sites (tertiary alicyclic amines) is 2. The molecule has 0 radical (unpaired) electrons. The minimum absolute atomic E-state index is 0.158. The molecule has 1 amide bonds. The molecule has 0 saturated carbocycles. The third-order valence-corrected chi connectivity index (χ3v) is 3.70. The number of hydrogen-bond acceptors (Lipinski definition) is 3. The fraction of sp³-hybridized carbons (Fsp3) is 0.909. The van der Waals surface area contributed by atoms with Crippen LogP contribution in [0.5, 0.6) is 0 Å². The van der Waals surface area contributed by atoms with Crippen LogP contribution in [0.3, 0.4) is 0 Å². The first kappa shape index (κ1) is 10.9. The average molecular weight is 211 g/mol. The van der Waals surface area contributed by atoms with E-state index in [0.29, 0.717) is 11.9 Å². The Balaban J connectivity index is 1.95. The Bertz CT molecular complexity index is 244. The number of amides is 1. The zero-order valence-corrected chi connectivity index (χ0v) is 9.70. The molecule has 4 heteroatoms. The predicted octanol–water partition coefficient (Wildman–Crippen LogP) is -0.0991. The van der Waals surface area contributed by atoms with E-state index in [4.69, 9.17) is 0 Å². The van der Waals surface area contributed by atoms with Crippen LogP contribution in [0.25, 0.3) is 0 Å². The molecule has 0 spiro atoms. The normalized spacial score (nSPS) is 33.7. The first-order chi connectivity index (χ1) is 7.22. The lowest BCUT2D eigenvalue weighted by molar-refractivity contribution is -0.131. The summed E-state index contributed by atoms with van der Waals surface area (Å²) in [6, 6.07) is 0.726. The standard InChI is InChI=1S/C11H21N3O/c1-12-9-4-3-6-14(8-9)10-5-7-13(2)11(10)15/h9-10,12H,3-8H2,1-2H3. The maximum atomic E-state index is 11.9. The third kappa shape index (κ3) is 2.16. The molecule has 4 nitrogen and oxygen atoms in total. The molecule has 0 aliphatic carbocycles. The van der Waals surface area contributed by atoms with E-state index >= 15 is 0 Å². The van der Waals surface area contributed by atoms with E-state index in [1.165, 1.54) is 12.8 Å². The monoisotopic (exact) mass is 211 g/mol. The first-order valence-corrected chi connectivity index (χ1v) is 5.88. The number of carbonyl (C=O) groups is 1. The van der Waals surface area contributed by atoms with Gasteiger partial charge < -0.3 is 10.2 Å². The minimum Gasteiger partial charge on any atom is -0.344 e. The SMILES string of the molecule is CNC1CCCN(C2CCN(C)C2=O)C1. The van der Waals surface area contributed by atoms with Crippen molar-refractivity contribution < 1.29 is 4.79 Å². The number of rotatable bonds is 2. The van der Waals surface area contributed by atoms with Gasteiger partial charge in [-0.25, -0.2) is 0 Å². The molecule has 2 fully saturated rings. The Labute approximate surface area is 91.6 Å². The second-order valence-electron chi connectivity index (χ2n) is 4.69. The Morgan fingerprint density at radius 2 is 2.13 bits per heavy atom. The molecule has 2 aliphatic rings. The molecule has 0 aromatic heterocycles. The average Bonchev–Trinajstić information content (AvgIpc) is 2.60. The van der Waals surface area contributed by atoms with Crippen molar-refractivity contribution in [3.8, 4) is 0 Å². The summed E-state index contributed by atoms with van der Waals surface area (Å²) < 4.78 is 0. The van der Waals surface area contributed by atoms with E-state index < -0.39 is 0 Å². The van der Waals surface area contributed by atoms with Crippen molar-refractivity contribution in [1.29, 1.82) is 0 Å². The third-order valence-electron chi connectivity index (χ3n) is 3.70. The molecule has 1 N–H and O–H groups in total. The highest BCUT2D eigenvalue weighted by Crippen LogP contribution is 2.20. The van der Waals surface area contributed by atoms with Crippen molar-refractivity contribution in [2.24, 2.45) is 0 Å². The summed E-state index contributed by atoms with van der Waals surface area (Å²) in [4.78, 5) is 16.1. The van der Waals surface area contributed by atoms with Gasteiger partial charge in [0, 0.05) is 26.2 Å². The smallest absolute Gasteiger partial charge is 0.239 e. The van der Waals surface area contributed by atoms with Crippen molar-refractivity contribution in [2.75, 3.05) is 33.7 Å². The summed E-state index contributed by atoms with van der Waals surface area (Å²) in [7, 11) is 3.92. The Morgan fingerprint density at radius 1 is 1.33 bits per heavy atom. The zero-order chi connectivity index (χ0) is 10.8. The van der Waals surface area contributed by atoms with Crippen LogP contribution in [0.1, 0.15) is 19.3 Å². The van der Waals surface area contributed by atoms with Gasteiger partial charge in [-0.3, -0.25) is 9.69 Å². The van der Waals surface area contributed by atoms with E-state index in [-0.39, 0.29) is 6.04 Å². The first-order valence-electron chi connectivity index (χ1n) is 5.88. The second kappa shape index (κ2) is 4.49. The van der Waals surface area contributed by atoms with Gasteiger partial charge in [-0.2, -0.15) is 0 Å².